The highest BCUT2D eigenvalue weighted by atomic mass is 15.3. The maximum Gasteiger partial charge on any atom is 0.205 e. The number of piperidine rings is 1. The second-order valence-corrected chi connectivity index (χ2v) is 4.58. The van der Waals surface area contributed by atoms with Crippen molar-refractivity contribution in [3.63, 3.8) is 0 Å². The van der Waals surface area contributed by atoms with Crippen LogP contribution in [0.15, 0.2) is 12.4 Å². The summed E-state index contributed by atoms with van der Waals surface area (Å²) < 4.78 is 2.21. The minimum absolute atomic E-state index is 0.302. The van der Waals surface area contributed by atoms with Gasteiger partial charge in [-0.15, -0.1) is 0 Å². The summed E-state index contributed by atoms with van der Waals surface area (Å²) in [6.07, 6.45) is 6.22. The van der Waals surface area contributed by atoms with Gasteiger partial charge in [0.25, 0.3) is 0 Å². The van der Waals surface area contributed by atoms with E-state index in [0.29, 0.717) is 12.1 Å². The van der Waals surface area contributed by atoms with Crippen molar-refractivity contribution in [2.75, 3.05) is 18.0 Å². The Bertz CT molecular complexity index is 318. The second kappa shape index (κ2) is 4.23. The molecular formula is C11H20N4. The van der Waals surface area contributed by atoms with Crippen LogP contribution < -0.4 is 10.6 Å². The molecule has 0 spiro atoms. The molecule has 4 heteroatoms. The molecule has 4 nitrogen and oxygen atoms in total. The van der Waals surface area contributed by atoms with Crippen LogP contribution in [-0.4, -0.2) is 28.7 Å². The molecule has 1 saturated heterocycles. The zero-order valence-corrected chi connectivity index (χ0v) is 9.56. The summed E-state index contributed by atoms with van der Waals surface area (Å²) in [5.74, 6) is 1.07. The van der Waals surface area contributed by atoms with Crippen molar-refractivity contribution >= 4 is 5.95 Å². The first-order chi connectivity index (χ1) is 7.18. The molecule has 0 bridgehead atoms. The maximum atomic E-state index is 5.98. The van der Waals surface area contributed by atoms with Gasteiger partial charge < -0.3 is 15.2 Å². The second-order valence-electron chi connectivity index (χ2n) is 4.58. The van der Waals surface area contributed by atoms with Crippen molar-refractivity contribution in [2.24, 2.45) is 5.73 Å². The third kappa shape index (κ3) is 2.15. The summed E-state index contributed by atoms with van der Waals surface area (Å²) in [4.78, 5) is 6.73. The van der Waals surface area contributed by atoms with Crippen molar-refractivity contribution in [3.05, 3.63) is 12.4 Å². The zero-order chi connectivity index (χ0) is 10.8. The smallest absolute Gasteiger partial charge is 0.205 e. The maximum absolute atomic E-state index is 5.98. The lowest BCUT2D eigenvalue weighted by atomic mass is 10.1. The van der Waals surface area contributed by atoms with Crippen LogP contribution in [0, 0.1) is 0 Å². The molecule has 15 heavy (non-hydrogen) atoms. The fourth-order valence-electron chi connectivity index (χ4n) is 2.14. The van der Waals surface area contributed by atoms with Gasteiger partial charge in [0.2, 0.25) is 5.95 Å². The average molecular weight is 208 g/mol. The van der Waals surface area contributed by atoms with Crippen LogP contribution in [0.1, 0.15) is 32.7 Å². The monoisotopic (exact) mass is 208 g/mol. The quantitative estimate of drug-likeness (QED) is 0.799. The molecular weight excluding hydrogens is 188 g/mol. The number of aromatic nitrogens is 2. The van der Waals surface area contributed by atoms with Crippen LogP contribution in [0.4, 0.5) is 5.95 Å². The van der Waals surface area contributed by atoms with Crippen LogP contribution in [0.2, 0.25) is 0 Å². The van der Waals surface area contributed by atoms with Gasteiger partial charge in [-0.25, -0.2) is 4.98 Å². The number of imidazole rings is 1. The summed E-state index contributed by atoms with van der Waals surface area (Å²) in [6, 6.07) is 0.761. The first-order valence-electron chi connectivity index (χ1n) is 5.72. The van der Waals surface area contributed by atoms with E-state index in [2.05, 4.69) is 28.3 Å². The van der Waals surface area contributed by atoms with E-state index in [1.807, 2.05) is 12.4 Å². The van der Waals surface area contributed by atoms with E-state index in [-0.39, 0.29) is 0 Å². The molecule has 0 aliphatic carbocycles. The van der Waals surface area contributed by atoms with E-state index in [4.69, 9.17) is 5.73 Å². The van der Waals surface area contributed by atoms with Gasteiger partial charge in [0.1, 0.15) is 0 Å². The summed E-state index contributed by atoms with van der Waals surface area (Å²) in [7, 11) is 0. The fraction of sp³-hybridized carbons (Fsp3) is 0.727. The fourth-order valence-corrected chi connectivity index (χ4v) is 2.14. The molecule has 84 valence electrons. The third-order valence-corrected chi connectivity index (χ3v) is 2.95. The van der Waals surface area contributed by atoms with E-state index in [0.717, 1.165) is 25.5 Å². The molecule has 1 aliphatic heterocycles. The Balaban J connectivity index is 2.17. The Morgan fingerprint density at radius 3 is 3.00 bits per heavy atom. The molecule has 0 radical (unpaired) electrons. The van der Waals surface area contributed by atoms with Gasteiger partial charge >= 0.3 is 0 Å². The van der Waals surface area contributed by atoms with E-state index in [1.165, 1.54) is 6.42 Å². The van der Waals surface area contributed by atoms with Crippen LogP contribution in [0.3, 0.4) is 0 Å². The Morgan fingerprint density at radius 1 is 1.53 bits per heavy atom. The molecule has 1 aromatic heterocycles. The lowest BCUT2D eigenvalue weighted by molar-refractivity contribution is 0.485. The SMILES string of the molecule is CC(C)n1ccnc1N1CCCC(N)C1. The van der Waals surface area contributed by atoms with E-state index < -0.39 is 0 Å². The van der Waals surface area contributed by atoms with Gasteiger partial charge in [0.15, 0.2) is 0 Å². The van der Waals surface area contributed by atoms with Crippen LogP contribution in [0.25, 0.3) is 0 Å². The molecule has 2 N–H and O–H groups in total. The first-order valence-corrected chi connectivity index (χ1v) is 5.72. The number of hydrogen-bond donors (Lipinski definition) is 1. The van der Waals surface area contributed by atoms with Gasteiger partial charge in [0, 0.05) is 37.6 Å². The summed E-state index contributed by atoms with van der Waals surface area (Å²) >= 11 is 0. The lowest BCUT2D eigenvalue weighted by Crippen LogP contribution is -2.44. The topological polar surface area (TPSA) is 47.1 Å². The predicted molar refractivity (Wildman–Crippen MR) is 62.0 cm³/mol. The highest BCUT2D eigenvalue weighted by Crippen LogP contribution is 2.20. The van der Waals surface area contributed by atoms with Crippen molar-refractivity contribution in [2.45, 2.75) is 38.8 Å². The van der Waals surface area contributed by atoms with Crippen LogP contribution in [0.5, 0.6) is 0 Å². The third-order valence-electron chi connectivity index (χ3n) is 2.95. The molecule has 1 atom stereocenters. The van der Waals surface area contributed by atoms with Crippen molar-refractivity contribution in [1.29, 1.82) is 0 Å². The minimum atomic E-state index is 0.302. The summed E-state index contributed by atoms with van der Waals surface area (Å²) in [5.41, 5.74) is 5.98. The number of nitrogens with zero attached hydrogens (tertiary/aromatic N) is 3. The largest absolute Gasteiger partial charge is 0.341 e. The standard InChI is InChI=1S/C11H20N4/c1-9(2)15-7-5-13-11(15)14-6-3-4-10(12)8-14/h5,7,9-10H,3-4,6,8,12H2,1-2H3. The van der Waals surface area contributed by atoms with Crippen molar-refractivity contribution in [3.8, 4) is 0 Å². The summed E-state index contributed by atoms with van der Waals surface area (Å²) in [6.45, 7) is 6.37. The van der Waals surface area contributed by atoms with Crippen LogP contribution in [-0.2, 0) is 0 Å². The van der Waals surface area contributed by atoms with E-state index >= 15 is 0 Å². The molecule has 0 amide bonds. The molecule has 1 aliphatic rings. The Labute approximate surface area is 91.1 Å². The Hall–Kier alpha value is -1.03. The molecule has 1 aromatic rings. The molecule has 2 heterocycles. The van der Waals surface area contributed by atoms with Gasteiger partial charge in [-0.1, -0.05) is 0 Å². The number of hydrogen-bond acceptors (Lipinski definition) is 3. The molecule has 2 rings (SSSR count). The van der Waals surface area contributed by atoms with Gasteiger partial charge in [-0.05, 0) is 26.7 Å². The number of rotatable bonds is 2. The molecule has 1 fully saturated rings. The molecule has 1 unspecified atom stereocenters. The predicted octanol–water partition coefficient (Wildman–Crippen LogP) is 1.39. The van der Waals surface area contributed by atoms with Crippen molar-refractivity contribution < 1.29 is 0 Å². The first kappa shape index (κ1) is 10.5. The number of anilines is 1. The van der Waals surface area contributed by atoms with Gasteiger partial charge in [0.05, 0.1) is 0 Å². The van der Waals surface area contributed by atoms with Gasteiger partial charge in [-0.3, -0.25) is 0 Å². The highest BCUT2D eigenvalue weighted by molar-refractivity contribution is 5.33. The Kier molecular flexibility index (Phi) is 2.95. The minimum Gasteiger partial charge on any atom is -0.341 e. The Morgan fingerprint density at radius 2 is 2.33 bits per heavy atom. The molecule has 0 saturated carbocycles. The molecule has 0 aromatic carbocycles. The van der Waals surface area contributed by atoms with Crippen LogP contribution >= 0.6 is 0 Å². The van der Waals surface area contributed by atoms with Gasteiger partial charge in [-0.2, -0.15) is 0 Å². The average Bonchev–Trinajstić information content (AvgIpc) is 2.65. The normalized spacial score (nSPS) is 22.4. The zero-order valence-electron chi connectivity index (χ0n) is 9.56. The number of nitrogens with two attached hydrogens (primary N) is 1. The van der Waals surface area contributed by atoms with E-state index in [1.54, 1.807) is 0 Å². The van der Waals surface area contributed by atoms with E-state index in [9.17, 15) is 0 Å². The summed E-state index contributed by atoms with van der Waals surface area (Å²) in [5, 5.41) is 0. The highest BCUT2D eigenvalue weighted by Gasteiger charge is 2.20. The lowest BCUT2D eigenvalue weighted by Gasteiger charge is -2.32. The van der Waals surface area contributed by atoms with Crippen molar-refractivity contribution in [1.82, 2.24) is 9.55 Å².